The van der Waals surface area contributed by atoms with Crippen LogP contribution in [0, 0.1) is 5.92 Å². The van der Waals surface area contributed by atoms with E-state index < -0.39 is 5.79 Å². The van der Waals surface area contributed by atoms with Gasteiger partial charge in [0.25, 0.3) is 0 Å². The molecule has 7 atom stereocenters. The summed E-state index contributed by atoms with van der Waals surface area (Å²) in [7, 11) is 0. The molecule has 0 radical (unpaired) electrons. The van der Waals surface area contributed by atoms with E-state index in [4.69, 9.17) is 28.5 Å². The van der Waals surface area contributed by atoms with Crippen molar-refractivity contribution in [3.63, 3.8) is 0 Å². The van der Waals surface area contributed by atoms with Crippen LogP contribution in [0.2, 0.25) is 0 Å². The van der Waals surface area contributed by atoms with Crippen LogP contribution in [0.1, 0.15) is 105 Å². The van der Waals surface area contributed by atoms with Crippen molar-refractivity contribution >= 4 is 0 Å². The Labute approximate surface area is 235 Å². The first-order valence-electron chi connectivity index (χ1n) is 15.5. The van der Waals surface area contributed by atoms with Crippen LogP contribution in [-0.2, 0) is 23.8 Å². The molecule has 1 aromatic carbocycles. The van der Waals surface area contributed by atoms with E-state index in [9.17, 15) is 0 Å². The van der Waals surface area contributed by atoms with Gasteiger partial charge in [-0.15, -0.1) is 0 Å². The van der Waals surface area contributed by atoms with Gasteiger partial charge in [0.15, 0.2) is 5.79 Å². The largest absolute Gasteiger partial charge is 0.491 e. The molecule has 1 spiro atoms. The first-order chi connectivity index (χ1) is 18.7. The van der Waals surface area contributed by atoms with Gasteiger partial charge in [0.2, 0.25) is 0 Å². The zero-order chi connectivity index (χ0) is 27.7. The van der Waals surface area contributed by atoms with Crippen molar-refractivity contribution in [3.05, 3.63) is 29.8 Å². The van der Waals surface area contributed by atoms with E-state index in [0.29, 0.717) is 25.9 Å². The molecule has 5 rings (SSSR count). The number of benzene rings is 1. The van der Waals surface area contributed by atoms with Gasteiger partial charge in [0, 0.05) is 17.9 Å². The molecule has 7 nitrogen and oxygen atoms in total. The van der Waals surface area contributed by atoms with Crippen LogP contribution in [0.15, 0.2) is 24.3 Å². The summed E-state index contributed by atoms with van der Waals surface area (Å²) in [6.45, 7) is 16.2. The van der Waals surface area contributed by atoms with Crippen LogP contribution in [0.4, 0.5) is 0 Å². The average molecular weight is 546 g/mol. The molecule has 3 aliphatic heterocycles. The molecule has 7 heteroatoms. The molecule has 39 heavy (non-hydrogen) atoms. The van der Waals surface area contributed by atoms with Crippen molar-refractivity contribution in [1.82, 2.24) is 5.06 Å². The van der Waals surface area contributed by atoms with Gasteiger partial charge < -0.3 is 23.7 Å². The highest BCUT2D eigenvalue weighted by Gasteiger charge is 2.64. The van der Waals surface area contributed by atoms with Crippen molar-refractivity contribution in [3.8, 4) is 5.75 Å². The molecule has 0 amide bonds. The summed E-state index contributed by atoms with van der Waals surface area (Å²) >= 11 is 0. The van der Waals surface area contributed by atoms with E-state index in [1.807, 2.05) is 12.1 Å². The fourth-order valence-electron chi connectivity index (χ4n) is 6.86. The van der Waals surface area contributed by atoms with E-state index in [-0.39, 0.29) is 35.3 Å². The molecular formula is C32H51NO6. The van der Waals surface area contributed by atoms with Crippen molar-refractivity contribution in [2.45, 2.75) is 134 Å². The van der Waals surface area contributed by atoms with Gasteiger partial charge in [-0.2, -0.15) is 5.06 Å². The van der Waals surface area contributed by atoms with E-state index in [1.54, 1.807) is 0 Å². The summed E-state index contributed by atoms with van der Waals surface area (Å²) in [5, 5.41) is 2.30. The van der Waals surface area contributed by atoms with Gasteiger partial charge in [0.1, 0.15) is 30.7 Å². The Hall–Kier alpha value is -1.22. The Balaban J connectivity index is 1.27. The standard InChI is InChI=1S/C32H51NO6/c1-7-30(5)22-32(37-21-29(38-32)20-35-26-12-10-9-11-13-26)24(4)31(6,8-2)33(30)39-23(3)25-14-16-27(17-15-25)34-18-28-19-36-28/h14-17,23-24,26,28-29H,7-13,18-22H2,1-6H3. The lowest BCUT2D eigenvalue weighted by Gasteiger charge is -2.62. The maximum absolute atomic E-state index is 6.90. The molecule has 1 aromatic rings. The van der Waals surface area contributed by atoms with Crippen LogP contribution in [0.25, 0.3) is 0 Å². The smallest absolute Gasteiger partial charge is 0.175 e. The van der Waals surface area contributed by atoms with Crippen LogP contribution in [0.5, 0.6) is 5.75 Å². The molecule has 1 aliphatic carbocycles. The van der Waals surface area contributed by atoms with E-state index in [0.717, 1.165) is 37.2 Å². The van der Waals surface area contributed by atoms with Crippen molar-refractivity contribution in [1.29, 1.82) is 0 Å². The Bertz CT molecular complexity index is 933. The highest BCUT2D eigenvalue weighted by molar-refractivity contribution is 5.28. The topological polar surface area (TPSA) is 61.9 Å². The third-order valence-corrected chi connectivity index (χ3v) is 10.1. The number of hydroxylamine groups is 2. The van der Waals surface area contributed by atoms with Crippen LogP contribution in [0.3, 0.4) is 0 Å². The fourth-order valence-corrected chi connectivity index (χ4v) is 6.86. The zero-order valence-corrected chi connectivity index (χ0v) is 25.1. The highest BCUT2D eigenvalue weighted by Crippen LogP contribution is 2.55. The van der Waals surface area contributed by atoms with Crippen LogP contribution >= 0.6 is 0 Å². The first-order valence-corrected chi connectivity index (χ1v) is 15.5. The molecule has 4 fully saturated rings. The number of ether oxygens (including phenoxy) is 5. The Morgan fingerprint density at radius 2 is 1.69 bits per heavy atom. The van der Waals surface area contributed by atoms with Gasteiger partial charge in [-0.05, 0) is 64.2 Å². The number of hydrogen-bond donors (Lipinski definition) is 0. The van der Waals surface area contributed by atoms with Crippen LogP contribution in [-0.4, -0.2) is 66.7 Å². The number of piperidine rings is 1. The molecular weight excluding hydrogens is 494 g/mol. The first kappa shape index (κ1) is 29.3. The summed E-state index contributed by atoms with van der Waals surface area (Å²) in [6, 6.07) is 8.27. The van der Waals surface area contributed by atoms with Gasteiger partial charge in [-0.3, -0.25) is 4.84 Å². The minimum atomic E-state index is -0.635. The van der Waals surface area contributed by atoms with Crippen molar-refractivity contribution in [2.75, 3.05) is 26.4 Å². The second-order valence-electron chi connectivity index (χ2n) is 12.8. The van der Waals surface area contributed by atoms with E-state index in [1.165, 1.54) is 32.1 Å². The lowest BCUT2D eigenvalue weighted by molar-refractivity contribution is -0.380. The molecule has 220 valence electrons. The van der Waals surface area contributed by atoms with Gasteiger partial charge >= 0.3 is 0 Å². The number of hydrogen-bond acceptors (Lipinski definition) is 7. The Morgan fingerprint density at radius 3 is 2.33 bits per heavy atom. The summed E-state index contributed by atoms with van der Waals surface area (Å²) < 4.78 is 30.8. The summed E-state index contributed by atoms with van der Waals surface area (Å²) in [5.41, 5.74) is 0.602. The molecule has 3 heterocycles. The maximum atomic E-state index is 6.90. The van der Waals surface area contributed by atoms with Crippen molar-refractivity contribution in [2.24, 2.45) is 5.92 Å². The second-order valence-corrected chi connectivity index (χ2v) is 12.8. The second kappa shape index (κ2) is 11.9. The minimum Gasteiger partial charge on any atom is -0.491 e. The third kappa shape index (κ3) is 6.19. The normalized spacial score (nSPS) is 38.3. The SMILES string of the molecule is CCC1(C)CC2(OCC(COC3CCCCC3)O2)C(C)C(C)(CC)N1OC(C)c1ccc(OCC2CO2)cc1. The summed E-state index contributed by atoms with van der Waals surface area (Å²) in [5.74, 6) is 0.343. The summed E-state index contributed by atoms with van der Waals surface area (Å²) in [6.07, 6.45) is 9.35. The molecule has 3 saturated heterocycles. The molecule has 4 aliphatic rings. The zero-order valence-electron chi connectivity index (χ0n) is 25.1. The monoisotopic (exact) mass is 545 g/mol. The minimum absolute atomic E-state index is 0.0183. The van der Waals surface area contributed by atoms with E-state index in [2.05, 4.69) is 58.7 Å². The van der Waals surface area contributed by atoms with Gasteiger partial charge in [0.05, 0.1) is 31.5 Å². The average Bonchev–Trinajstić information content (AvgIpc) is 3.71. The summed E-state index contributed by atoms with van der Waals surface area (Å²) in [4.78, 5) is 6.90. The lowest BCUT2D eigenvalue weighted by Crippen LogP contribution is -2.71. The molecule has 0 bridgehead atoms. The number of epoxide rings is 1. The molecule has 0 N–H and O–H groups in total. The van der Waals surface area contributed by atoms with E-state index >= 15 is 0 Å². The van der Waals surface area contributed by atoms with Crippen molar-refractivity contribution < 1.29 is 28.5 Å². The molecule has 7 unspecified atom stereocenters. The third-order valence-electron chi connectivity index (χ3n) is 10.1. The van der Waals surface area contributed by atoms with Gasteiger partial charge in [-0.1, -0.05) is 52.2 Å². The predicted molar refractivity (Wildman–Crippen MR) is 151 cm³/mol. The quantitative estimate of drug-likeness (QED) is 0.290. The fraction of sp³-hybridized carbons (Fsp3) is 0.812. The number of rotatable bonds is 11. The lowest BCUT2D eigenvalue weighted by atomic mass is 9.67. The molecule has 1 saturated carbocycles. The van der Waals surface area contributed by atoms with Gasteiger partial charge in [-0.25, -0.2) is 0 Å². The van der Waals surface area contributed by atoms with Crippen LogP contribution < -0.4 is 4.74 Å². The predicted octanol–water partition coefficient (Wildman–Crippen LogP) is 6.60. The highest BCUT2D eigenvalue weighted by atomic mass is 16.8. The Kier molecular flexibility index (Phi) is 8.97. The molecule has 0 aromatic heterocycles. The number of nitrogens with zero attached hydrogens (tertiary/aromatic N) is 1. The maximum Gasteiger partial charge on any atom is 0.175 e. The Morgan fingerprint density at radius 1 is 0.974 bits per heavy atom.